The van der Waals surface area contributed by atoms with Crippen LogP contribution < -0.4 is 5.73 Å². The molecule has 0 aliphatic rings. The van der Waals surface area contributed by atoms with Crippen molar-refractivity contribution in [3.63, 3.8) is 0 Å². The van der Waals surface area contributed by atoms with Gasteiger partial charge in [-0.1, -0.05) is 0 Å². The Hall–Kier alpha value is -1.10. The number of aromatic nitrogens is 3. The zero-order valence-electron chi connectivity index (χ0n) is 7.07. The molecular weight excluding hydrogens is 142 g/mol. The number of hydrogen-bond donors (Lipinski definition) is 1. The first-order chi connectivity index (χ1) is 5.09. The summed E-state index contributed by atoms with van der Waals surface area (Å²) < 4.78 is 1.69. The Morgan fingerprint density at radius 3 is 2.55 bits per heavy atom. The summed E-state index contributed by atoms with van der Waals surface area (Å²) in [7, 11) is 5.79. The average molecular weight is 155 g/mol. The van der Waals surface area contributed by atoms with Gasteiger partial charge in [0.25, 0.3) is 0 Å². The van der Waals surface area contributed by atoms with Gasteiger partial charge < -0.3 is 10.6 Å². The highest BCUT2D eigenvalue weighted by Crippen LogP contribution is 1.98. The number of aryl methyl sites for hydroxylation is 1. The van der Waals surface area contributed by atoms with Crippen LogP contribution in [0.5, 0.6) is 0 Å². The maximum absolute atomic E-state index is 5.39. The number of nitrogens with two attached hydrogens (primary N) is 1. The molecule has 0 aromatic carbocycles. The lowest BCUT2D eigenvalue weighted by atomic mass is 10.5. The zero-order valence-corrected chi connectivity index (χ0v) is 7.07. The minimum atomic E-state index is 0.337. The van der Waals surface area contributed by atoms with Crippen LogP contribution in [-0.4, -0.2) is 33.8 Å². The van der Waals surface area contributed by atoms with Crippen molar-refractivity contribution in [2.24, 2.45) is 7.05 Å². The van der Waals surface area contributed by atoms with Gasteiger partial charge in [-0.05, 0) is 14.1 Å². The van der Waals surface area contributed by atoms with E-state index < -0.39 is 0 Å². The molecule has 62 valence electrons. The van der Waals surface area contributed by atoms with E-state index in [0.29, 0.717) is 5.95 Å². The number of anilines is 1. The minimum Gasteiger partial charge on any atom is -0.366 e. The fourth-order valence-corrected chi connectivity index (χ4v) is 0.859. The number of nitrogens with zero attached hydrogens (tertiary/aromatic N) is 4. The molecule has 0 radical (unpaired) electrons. The third-order valence-corrected chi connectivity index (χ3v) is 1.33. The van der Waals surface area contributed by atoms with Crippen molar-refractivity contribution < 1.29 is 0 Å². The van der Waals surface area contributed by atoms with E-state index in [1.165, 1.54) is 0 Å². The summed E-state index contributed by atoms with van der Waals surface area (Å²) in [6, 6.07) is 0. The van der Waals surface area contributed by atoms with Gasteiger partial charge in [0, 0.05) is 7.05 Å². The molecule has 1 aromatic heterocycles. The second kappa shape index (κ2) is 2.87. The lowest BCUT2D eigenvalue weighted by Gasteiger charge is -2.06. The van der Waals surface area contributed by atoms with E-state index in [4.69, 9.17) is 5.73 Å². The van der Waals surface area contributed by atoms with E-state index in [9.17, 15) is 0 Å². The van der Waals surface area contributed by atoms with Crippen LogP contribution in [0.4, 0.5) is 5.95 Å². The standard InChI is InChI=1S/C6H13N5/c1-10(2)4-5-8-6(7)9-11(5)3/h4H2,1-3H3,(H2,7,9). The van der Waals surface area contributed by atoms with Crippen molar-refractivity contribution in [3.05, 3.63) is 5.82 Å². The molecule has 0 unspecified atom stereocenters. The van der Waals surface area contributed by atoms with Crippen LogP contribution in [-0.2, 0) is 13.6 Å². The second-order valence-electron chi connectivity index (χ2n) is 2.75. The van der Waals surface area contributed by atoms with Gasteiger partial charge in [0.05, 0.1) is 6.54 Å². The molecule has 5 heteroatoms. The Bertz CT molecular complexity index is 239. The molecule has 0 aliphatic carbocycles. The van der Waals surface area contributed by atoms with Gasteiger partial charge in [0.1, 0.15) is 5.82 Å². The molecule has 1 rings (SSSR count). The summed E-state index contributed by atoms with van der Waals surface area (Å²) in [5, 5.41) is 3.92. The van der Waals surface area contributed by atoms with E-state index in [1.54, 1.807) is 4.68 Å². The van der Waals surface area contributed by atoms with Gasteiger partial charge in [0.2, 0.25) is 5.95 Å². The molecule has 1 aromatic rings. The van der Waals surface area contributed by atoms with E-state index in [0.717, 1.165) is 12.4 Å². The molecule has 0 spiro atoms. The van der Waals surface area contributed by atoms with Crippen LogP contribution in [0.15, 0.2) is 0 Å². The maximum Gasteiger partial charge on any atom is 0.239 e. The van der Waals surface area contributed by atoms with Crippen molar-refractivity contribution in [2.45, 2.75) is 6.54 Å². The highest BCUT2D eigenvalue weighted by molar-refractivity contribution is 5.13. The average Bonchev–Trinajstić information content (AvgIpc) is 2.09. The Morgan fingerprint density at radius 2 is 2.18 bits per heavy atom. The summed E-state index contributed by atoms with van der Waals surface area (Å²) in [5.74, 6) is 1.22. The first-order valence-corrected chi connectivity index (χ1v) is 3.39. The summed E-state index contributed by atoms with van der Waals surface area (Å²) in [6.45, 7) is 0.765. The van der Waals surface area contributed by atoms with Crippen molar-refractivity contribution in [3.8, 4) is 0 Å². The SMILES string of the molecule is CN(C)Cc1nc(N)nn1C. The summed E-state index contributed by atoms with van der Waals surface area (Å²) in [6.07, 6.45) is 0. The fraction of sp³-hybridized carbons (Fsp3) is 0.667. The molecule has 5 nitrogen and oxygen atoms in total. The number of rotatable bonds is 2. The predicted octanol–water partition coefficient (Wildman–Crippen LogP) is -0.541. The summed E-state index contributed by atoms with van der Waals surface area (Å²) in [5.41, 5.74) is 5.39. The quantitative estimate of drug-likeness (QED) is 0.623. The van der Waals surface area contributed by atoms with Crippen LogP contribution in [0.3, 0.4) is 0 Å². The van der Waals surface area contributed by atoms with Crippen LogP contribution in [0.2, 0.25) is 0 Å². The molecule has 0 amide bonds. The maximum atomic E-state index is 5.39. The third-order valence-electron chi connectivity index (χ3n) is 1.33. The molecule has 2 N–H and O–H groups in total. The van der Waals surface area contributed by atoms with Gasteiger partial charge in [-0.2, -0.15) is 4.98 Å². The molecule has 1 heterocycles. The van der Waals surface area contributed by atoms with E-state index in [2.05, 4.69) is 10.1 Å². The van der Waals surface area contributed by atoms with Gasteiger partial charge in [-0.15, -0.1) is 5.10 Å². The topological polar surface area (TPSA) is 60.0 Å². The molecule has 0 saturated heterocycles. The number of nitrogen functional groups attached to an aromatic ring is 1. The molecule has 11 heavy (non-hydrogen) atoms. The van der Waals surface area contributed by atoms with Gasteiger partial charge >= 0.3 is 0 Å². The Labute approximate surface area is 65.8 Å². The van der Waals surface area contributed by atoms with E-state index >= 15 is 0 Å². The number of hydrogen-bond acceptors (Lipinski definition) is 4. The first-order valence-electron chi connectivity index (χ1n) is 3.39. The van der Waals surface area contributed by atoms with Gasteiger partial charge in [0.15, 0.2) is 0 Å². The highest BCUT2D eigenvalue weighted by Gasteiger charge is 2.03. The summed E-state index contributed by atoms with van der Waals surface area (Å²) >= 11 is 0. The lowest BCUT2D eigenvalue weighted by Crippen LogP contribution is -2.14. The molecule has 0 saturated carbocycles. The van der Waals surface area contributed by atoms with Crippen molar-refractivity contribution in [1.29, 1.82) is 0 Å². The zero-order chi connectivity index (χ0) is 8.43. The largest absolute Gasteiger partial charge is 0.366 e. The fourth-order valence-electron chi connectivity index (χ4n) is 0.859. The smallest absolute Gasteiger partial charge is 0.239 e. The first kappa shape index (κ1) is 8.00. The molecule has 0 bridgehead atoms. The van der Waals surface area contributed by atoms with Gasteiger partial charge in [-0.25, -0.2) is 4.68 Å². The van der Waals surface area contributed by atoms with Crippen LogP contribution in [0, 0.1) is 0 Å². The second-order valence-corrected chi connectivity index (χ2v) is 2.75. The summed E-state index contributed by atoms with van der Waals surface area (Å²) in [4.78, 5) is 6.06. The Balaban J connectivity index is 2.77. The van der Waals surface area contributed by atoms with Gasteiger partial charge in [-0.3, -0.25) is 0 Å². The normalized spacial score (nSPS) is 10.9. The Morgan fingerprint density at radius 1 is 1.55 bits per heavy atom. The molecular formula is C6H13N5. The van der Waals surface area contributed by atoms with E-state index in [-0.39, 0.29) is 0 Å². The van der Waals surface area contributed by atoms with Crippen molar-refractivity contribution >= 4 is 5.95 Å². The predicted molar refractivity (Wildman–Crippen MR) is 42.8 cm³/mol. The third kappa shape index (κ3) is 1.91. The molecule has 0 fully saturated rings. The minimum absolute atomic E-state index is 0.337. The lowest BCUT2D eigenvalue weighted by molar-refractivity contribution is 0.381. The van der Waals surface area contributed by atoms with Crippen LogP contribution in [0.1, 0.15) is 5.82 Å². The molecule has 0 atom stereocenters. The highest BCUT2D eigenvalue weighted by atomic mass is 15.4. The van der Waals surface area contributed by atoms with Crippen LogP contribution in [0.25, 0.3) is 0 Å². The molecule has 0 aliphatic heterocycles. The van der Waals surface area contributed by atoms with Crippen molar-refractivity contribution in [1.82, 2.24) is 19.7 Å². The van der Waals surface area contributed by atoms with Crippen LogP contribution >= 0.6 is 0 Å². The van der Waals surface area contributed by atoms with E-state index in [1.807, 2.05) is 26.0 Å². The monoisotopic (exact) mass is 155 g/mol. The Kier molecular flexibility index (Phi) is 2.09. The van der Waals surface area contributed by atoms with Crippen molar-refractivity contribution in [2.75, 3.05) is 19.8 Å².